The lowest BCUT2D eigenvalue weighted by Gasteiger charge is -2.13. The van der Waals surface area contributed by atoms with Gasteiger partial charge in [0.15, 0.2) is 0 Å². The van der Waals surface area contributed by atoms with Crippen molar-refractivity contribution in [1.82, 2.24) is 14.8 Å². The third-order valence-electron chi connectivity index (χ3n) is 2.98. The summed E-state index contributed by atoms with van der Waals surface area (Å²) < 4.78 is 1.81. The lowest BCUT2D eigenvalue weighted by molar-refractivity contribution is 0.220. The number of hydrogen-bond acceptors (Lipinski definition) is 4. The molecule has 0 spiro atoms. The number of aliphatic hydroxyl groups is 1. The maximum absolute atomic E-state index is 10.4. The highest BCUT2D eigenvalue weighted by atomic mass is 16.3. The van der Waals surface area contributed by atoms with Gasteiger partial charge in [0.1, 0.15) is 11.9 Å². The Labute approximate surface area is 106 Å². The quantitative estimate of drug-likeness (QED) is 0.866. The second kappa shape index (κ2) is 4.78. The van der Waals surface area contributed by atoms with Crippen LogP contribution in [0.1, 0.15) is 42.7 Å². The highest BCUT2D eigenvalue weighted by Crippen LogP contribution is 2.28. The van der Waals surface area contributed by atoms with Crippen LogP contribution < -0.4 is 5.73 Å². The van der Waals surface area contributed by atoms with Crippen molar-refractivity contribution in [2.24, 2.45) is 0 Å². The molecule has 0 saturated carbocycles. The highest BCUT2D eigenvalue weighted by molar-refractivity contribution is 5.48. The Bertz CT molecular complexity index is 527. The van der Waals surface area contributed by atoms with E-state index in [0.29, 0.717) is 11.4 Å². The molecule has 5 heteroatoms. The van der Waals surface area contributed by atoms with Gasteiger partial charge in [0.25, 0.3) is 0 Å². The van der Waals surface area contributed by atoms with E-state index >= 15 is 0 Å². The van der Waals surface area contributed by atoms with Gasteiger partial charge in [0.05, 0.1) is 6.20 Å². The van der Waals surface area contributed by atoms with E-state index in [2.05, 4.69) is 10.1 Å². The van der Waals surface area contributed by atoms with Crippen molar-refractivity contribution in [2.75, 3.05) is 5.73 Å². The van der Waals surface area contributed by atoms with Crippen molar-refractivity contribution < 1.29 is 5.11 Å². The van der Waals surface area contributed by atoms with E-state index in [-0.39, 0.29) is 6.04 Å². The smallest absolute Gasteiger partial charge is 0.129 e. The topological polar surface area (TPSA) is 77.0 Å². The standard InChI is InChI=1S/C13H18N4O/c1-8(2)17-7-10(6-16-17)12(18)11-9(3)4-5-15-13(11)14/h4-8,12,18H,1-3H3,(H2,14,15). The van der Waals surface area contributed by atoms with E-state index in [1.54, 1.807) is 17.1 Å². The molecule has 0 amide bonds. The van der Waals surface area contributed by atoms with Gasteiger partial charge in [0.2, 0.25) is 0 Å². The fourth-order valence-corrected chi connectivity index (χ4v) is 1.89. The molecule has 0 radical (unpaired) electrons. The molecule has 2 aromatic rings. The molecular formula is C13H18N4O. The molecule has 0 aliphatic rings. The second-order valence-corrected chi connectivity index (χ2v) is 4.68. The first kappa shape index (κ1) is 12.6. The van der Waals surface area contributed by atoms with Crippen LogP contribution in [0.5, 0.6) is 0 Å². The van der Waals surface area contributed by atoms with Gasteiger partial charge in [-0.3, -0.25) is 4.68 Å². The van der Waals surface area contributed by atoms with Gasteiger partial charge >= 0.3 is 0 Å². The van der Waals surface area contributed by atoms with Crippen LogP contribution in [0, 0.1) is 6.92 Å². The summed E-state index contributed by atoms with van der Waals surface area (Å²) in [6.45, 7) is 5.98. The first-order valence-corrected chi connectivity index (χ1v) is 5.93. The van der Waals surface area contributed by atoms with Gasteiger partial charge in [0, 0.05) is 29.6 Å². The Kier molecular flexibility index (Phi) is 3.34. The number of nitrogen functional groups attached to an aromatic ring is 1. The predicted octanol–water partition coefficient (Wildman–Crippen LogP) is 1.83. The average molecular weight is 246 g/mol. The van der Waals surface area contributed by atoms with Crippen LogP contribution in [0.3, 0.4) is 0 Å². The molecule has 0 aliphatic carbocycles. The number of aryl methyl sites for hydroxylation is 1. The minimum atomic E-state index is -0.786. The number of aliphatic hydroxyl groups excluding tert-OH is 1. The van der Waals surface area contributed by atoms with Gasteiger partial charge in [-0.1, -0.05) is 0 Å². The largest absolute Gasteiger partial charge is 0.383 e. The normalized spacial score (nSPS) is 12.9. The van der Waals surface area contributed by atoms with Crippen LogP contribution >= 0.6 is 0 Å². The molecular weight excluding hydrogens is 228 g/mol. The summed E-state index contributed by atoms with van der Waals surface area (Å²) in [5, 5.41) is 14.6. The summed E-state index contributed by atoms with van der Waals surface area (Å²) >= 11 is 0. The highest BCUT2D eigenvalue weighted by Gasteiger charge is 2.18. The second-order valence-electron chi connectivity index (χ2n) is 4.68. The molecule has 0 saturated heterocycles. The van der Waals surface area contributed by atoms with Gasteiger partial charge < -0.3 is 10.8 Å². The van der Waals surface area contributed by atoms with Crippen LogP contribution in [-0.4, -0.2) is 19.9 Å². The number of nitrogens with zero attached hydrogens (tertiary/aromatic N) is 3. The first-order chi connectivity index (χ1) is 8.50. The fourth-order valence-electron chi connectivity index (χ4n) is 1.89. The molecule has 5 nitrogen and oxygen atoms in total. The summed E-state index contributed by atoms with van der Waals surface area (Å²) in [6, 6.07) is 2.10. The maximum Gasteiger partial charge on any atom is 0.129 e. The van der Waals surface area contributed by atoms with Crippen molar-refractivity contribution in [1.29, 1.82) is 0 Å². The number of hydrogen-bond donors (Lipinski definition) is 2. The molecule has 0 fully saturated rings. The van der Waals surface area contributed by atoms with Crippen LogP contribution in [0.25, 0.3) is 0 Å². The fraction of sp³-hybridized carbons (Fsp3) is 0.385. The molecule has 2 aromatic heterocycles. The lowest BCUT2D eigenvalue weighted by atomic mass is 10.0. The van der Waals surface area contributed by atoms with Crippen LogP contribution in [0.2, 0.25) is 0 Å². The molecule has 1 unspecified atom stereocenters. The van der Waals surface area contributed by atoms with E-state index < -0.39 is 6.10 Å². The summed E-state index contributed by atoms with van der Waals surface area (Å²) in [5.74, 6) is 0.361. The molecule has 1 atom stereocenters. The first-order valence-electron chi connectivity index (χ1n) is 5.93. The van der Waals surface area contributed by atoms with E-state index in [1.165, 1.54) is 0 Å². The van der Waals surface area contributed by atoms with E-state index in [0.717, 1.165) is 11.1 Å². The number of nitrogens with two attached hydrogens (primary N) is 1. The third kappa shape index (κ3) is 2.22. The Balaban J connectivity index is 2.38. The Hall–Kier alpha value is -1.88. The zero-order chi connectivity index (χ0) is 13.3. The molecule has 2 heterocycles. The molecule has 3 N–H and O–H groups in total. The van der Waals surface area contributed by atoms with Crippen molar-refractivity contribution >= 4 is 5.82 Å². The van der Waals surface area contributed by atoms with Crippen molar-refractivity contribution in [3.8, 4) is 0 Å². The SMILES string of the molecule is Cc1ccnc(N)c1C(O)c1cnn(C(C)C)c1. The van der Waals surface area contributed by atoms with Crippen LogP contribution in [-0.2, 0) is 0 Å². The van der Waals surface area contributed by atoms with Gasteiger partial charge in [-0.15, -0.1) is 0 Å². The Morgan fingerprint density at radius 3 is 2.67 bits per heavy atom. The molecule has 0 aliphatic heterocycles. The summed E-state index contributed by atoms with van der Waals surface area (Å²) in [7, 11) is 0. The average Bonchev–Trinajstić information content (AvgIpc) is 2.77. The summed E-state index contributed by atoms with van der Waals surface area (Å²) in [6.07, 6.45) is 4.35. The molecule has 0 aromatic carbocycles. The maximum atomic E-state index is 10.4. The molecule has 18 heavy (non-hydrogen) atoms. The number of aromatic nitrogens is 3. The molecule has 96 valence electrons. The number of pyridine rings is 1. The van der Waals surface area contributed by atoms with Crippen molar-refractivity contribution in [3.05, 3.63) is 41.3 Å². The Morgan fingerprint density at radius 1 is 1.39 bits per heavy atom. The van der Waals surface area contributed by atoms with Gasteiger partial charge in [-0.25, -0.2) is 4.98 Å². The monoisotopic (exact) mass is 246 g/mol. The minimum Gasteiger partial charge on any atom is -0.383 e. The van der Waals surface area contributed by atoms with Crippen molar-refractivity contribution in [3.63, 3.8) is 0 Å². The summed E-state index contributed by atoms with van der Waals surface area (Å²) in [5.41, 5.74) is 8.13. The predicted molar refractivity (Wildman–Crippen MR) is 70.1 cm³/mol. The molecule has 0 bridgehead atoms. The Morgan fingerprint density at radius 2 is 2.11 bits per heavy atom. The van der Waals surface area contributed by atoms with Gasteiger partial charge in [-0.2, -0.15) is 5.10 Å². The van der Waals surface area contributed by atoms with Gasteiger partial charge in [-0.05, 0) is 32.4 Å². The lowest BCUT2D eigenvalue weighted by Crippen LogP contribution is -2.07. The van der Waals surface area contributed by atoms with Crippen LogP contribution in [0.4, 0.5) is 5.82 Å². The van der Waals surface area contributed by atoms with Crippen LogP contribution in [0.15, 0.2) is 24.7 Å². The third-order valence-corrected chi connectivity index (χ3v) is 2.98. The minimum absolute atomic E-state index is 0.262. The van der Waals surface area contributed by atoms with Crippen molar-refractivity contribution in [2.45, 2.75) is 32.9 Å². The zero-order valence-electron chi connectivity index (χ0n) is 10.8. The van der Waals surface area contributed by atoms with E-state index in [1.807, 2.05) is 33.0 Å². The number of rotatable bonds is 3. The zero-order valence-corrected chi connectivity index (χ0v) is 10.8. The van der Waals surface area contributed by atoms with E-state index in [4.69, 9.17) is 5.73 Å². The molecule has 2 rings (SSSR count). The number of anilines is 1. The summed E-state index contributed by atoms with van der Waals surface area (Å²) in [4.78, 5) is 4.02. The van der Waals surface area contributed by atoms with E-state index in [9.17, 15) is 5.11 Å².